The highest BCUT2D eigenvalue weighted by molar-refractivity contribution is 7.89. The summed E-state index contributed by atoms with van der Waals surface area (Å²) >= 11 is 5.67. The predicted octanol–water partition coefficient (Wildman–Crippen LogP) is 3.13. The highest BCUT2D eigenvalue weighted by atomic mass is 35.5. The monoisotopic (exact) mass is 303 g/mol. The number of alkyl halides is 1. The second-order valence-electron chi connectivity index (χ2n) is 5.09. The van der Waals surface area contributed by atoms with Crippen molar-refractivity contribution in [2.75, 3.05) is 12.9 Å². The van der Waals surface area contributed by atoms with E-state index >= 15 is 0 Å². The molecule has 0 aromatic heterocycles. The summed E-state index contributed by atoms with van der Waals surface area (Å²) in [6.07, 6.45) is 0.750. The van der Waals surface area contributed by atoms with Gasteiger partial charge >= 0.3 is 0 Å². The van der Waals surface area contributed by atoms with Crippen molar-refractivity contribution in [3.8, 4) is 0 Å². The average molecular weight is 304 g/mol. The first-order chi connectivity index (χ1) is 8.80. The van der Waals surface area contributed by atoms with Crippen LogP contribution in [0.3, 0.4) is 0 Å². The Morgan fingerprint density at radius 1 is 1.16 bits per heavy atom. The van der Waals surface area contributed by atoms with Gasteiger partial charge in [-0.2, -0.15) is 4.31 Å². The summed E-state index contributed by atoms with van der Waals surface area (Å²) in [5.41, 5.74) is 1.05. The first kappa shape index (κ1) is 16.5. The molecule has 0 fully saturated rings. The van der Waals surface area contributed by atoms with E-state index in [1.807, 2.05) is 32.9 Å². The maximum absolute atomic E-state index is 12.4. The summed E-state index contributed by atoms with van der Waals surface area (Å²) < 4.78 is 26.3. The summed E-state index contributed by atoms with van der Waals surface area (Å²) in [7, 11) is -1.78. The molecule has 0 saturated heterocycles. The van der Waals surface area contributed by atoms with E-state index in [9.17, 15) is 8.42 Å². The lowest BCUT2D eigenvalue weighted by Crippen LogP contribution is -2.38. The van der Waals surface area contributed by atoms with Gasteiger partial charge in [0.1, 0.15) is 0 Å². The number of halogens is 1. The lowest BCUT2D eigenvalue weighted by molar-refractivity contribution is 0.316. The normalized spacial score (nSPS) is 14.1. The van der Waals surface area contributed by atoms with Crippen LogP contribution in [0.1, 0.15) is 26.3 Å². The Morgan fingerprint density at radius 3 is 2.11 bits per heavy atom. The molecule has 1 atom stereocenters. The zero-order valence-corrected chi connectivity index (χ0v) is 13.5. The predicted molar refractivity (Wildman–Crippen MR) is 80.1 cm³/mol. The van der Waals surface area contributed by atoms with Gasteiger partial charge in [0.25, 0.3) is 0 Å². The fraction of sp³-hybridized carbons (Fsp3) is 0.571. The zero-order valence-electron chi connectivity index (χ0n) is 11.9. The van der Waals surface area contributed by atoms with Crippen molar-refractivity contribution < 1.29 is 8.42 Å². The molecular formula is C14H22ClNO2S. The Balaban J connectivity index is 3.00. The molecule has 0 spiro atoms. The van der Waals surface area contributed by atoms with E-state index in [-0.39, 0.29) is 12.0 Å². The first-order valence-corrected chi connectivity index (χ1v) is 8.41. The van der Waals surface area contributed by atoms with Gasteiger partial charge in [0.05, 0.1) is 4.90 Å². The van der Waals surface area contributed by atoms with E-state index in [1.54, 1.807) is 19.2 Å². The fourth-order valence-electron chi connectivity index (χ4n) is 1.74. The molecule has 1 aromatic rings. The van der Waals surface area contributed by atoms with E-state index < -0.39 is 10.0 Å². The van der Waals surface area contributed by atoms with Crippen molar-refractivity contribution in [2.45, 2.75) is 38.1 Å². The number of nitrogens with zero attached hydrogens (tertiary/aromatic N) is 1. The SMILES string of the molecule is CC(C)C(C)N(C)S(=O)(=O)c1ccc(CCCl)cc1. The van der Waals surface area contributed by atoms with Gasteiger partial charge in [-0.05, 0) is 37.0 Å². The molecule has 0 aliphatic carbocycles. The Kier molecular flexibility index (Phi) is 5.83. The molecule has 108 valence electrons. The van der Waals surface area contributed by atoms with Crippen LogP contribution in [0.4, 0.5) is 0 Å². The second-order valence-corrected chi connectivity index (χ2v) is 7.46. The third-order valence-corrected chi connectivity index (χ3v) is 5.67. The molecule has 0 amide bonds. The van der Waals surface area contributed by atoms with Gasteiger partial charge in [-0.3, -0.25) is 0 Å². The Labute approximate surface area is 121 Å². The molecule has 3 nitrogen and oxygen atoms in total. The minimum atomic E-state index is -3.41. The van der Waals surface area contributed by atoms with Crippen LogP contribution in [0.25, 0.3) is 0 Å². The molecule has 1 aromatic carbocycles. The molecule has 1 unspecified atom stereocenters. The summed E-state index contributed by atoms with van der Waals surface area (Å²) in [5.74, 6) is 0.812. The number of hydrogen-bond donors (Lipinski definition) is 0. The molecule has 19 heavy (non-hydrogen) atoms. The van der Waals surface area contributed by atoms with Crippen LogP contribution in [-0.2, 0) is 16.4 Å². The molecule has 0 aliphatic rings. The van der Waals surface area contributed by atoms with Crippen LogP contribution in [0.2, 0.25) is 0 Å². The second kappa shape index (κ2) is 6.73. The van der Waals surface area contributed by atoms with E-state index in [4.69, 9.17) is 11.6 Å². The van der Waals surface area contributed by atoms with Gasteiger partial charge in [-0.1, -0.05) is 26.0 Å². The smallest absolute Gasteiger partial charge is 0.207 e. The zero-order chi connectivity index (χ0) is 14.6. The van der Waals surface area contributed by atoms with E-state index in [2.05, 4.69) is 0 Å². The highest BCUT2D eigenvalue weighted by Crippen LogP contribution is 2.20. The molecule has 0 N–H and O–H groups in total. The number of benzene rings is 1. The van der Waals surface area contributed by atoms with Crippen LogP contribution in [0, 0.1) is 5.92 Å². The lowest BCUT2D eigenvalue weighted by Gasteiger charge is -2.27. The molecule has 5 heteroatoms. The molecule has 0 saturated carbocycles. The number of rotatable bonds is 6. The number of aryl methyl sites for hydroxylation is 1. The highest BCUT2D eigenvalue weighted by Gasteiger charge is 2.26. The fourth-order valence-corrected chi connectivity index (χ4v) is 3.45. The maximum atomic E-state index is 12.4. The summed E-state index contributed by atoms with van der Waals surface area (Å²) in [4.78, 5) is 0.334. The summed E-state index contributed by atoms with van der Waals surface area (Å²) in [5, 5.41) is 0. The van der Waals surface area contributed by atoms with Gasteiger partial charge < -0.3 is 0 Å². The van der Waals surface area contributed by atoms with Crippen molar-refractivity contribution in [2.24, 2.45) is 5.92 Å². The number of sulfonamides is 1. The van der Waals surface area contributed by atoms with Crippen LogP contribution >= 0.6 is 11.6 Å². The van der Waals surface area contributed by atoms with E-state index in [0.717, 1.165) is 12.0 Å². The molecule has 0 bridgehead atoms. The molecule has 0 heterocycles. The Morgan fingerprint density at radius 2 is 1.68 bits per heavy atom. The first-order valence-electron chi connectivity index (χ1n) is 6.43. The van der Waals surface area contributed by atoms with Crippen LogP contribution in [0.5, 0.6) is 0 Å². The van der Waals surface area contributed by atoms with Gasteiger partial charge in [0.2, 0.25) is 10.0 Å². The largest absolute Gasteiger partial charge is 0.243 e. The van der Waals surface area contributed by atoms with Gasteiger partial charge in [0, 0.05) is 19.0 Å². The number of hydrogen-bond acceptors (Lipinski definition) is 2. The maximum Gasteiger partial charge on any atom is 0.243 e. The van der Waals surface area contributed by atoms with Gasteiger partial charge in [-0.25, -0.2) is 8.42 Å². The lowest BCUT2D eigenvalue weighted by atomic mass is 10.1. The quantitative estimate of drug-likeness (QED) is 0.757. The van der Waals surface area contributed by atoms with Crippen LogP contribution in [-0.4, -0.2) is 31.7 Å². The van der Waals surface area contributed by atoms with Crippen LogP contribution < -0.4 is 0 Å². The summed E-state index contributed by atoms with van der Waals surface area (Å²) in [6, 6.07) is 6.92. The van der Waals surface area contributed by atoms with Crippen molar-refractivity contribution in [3.05, 3.63) is 29.8 Å². The van der Waals surface area contributed by atoms with E-state index in [1.165, 1.54) is 4.31 Å². The Bertz CT molecular complexity index is 497. The Hall–Kier alpha value is -0.580. The summed E-state index contributed by atoms with van der Waals surface area (Å²) in [6.45, 7) is 5.95. The van der Waals surface area contributed by atoms with Crippen LogP contribution in [0.15, 0.2) is 29.2 Å². The van der Waals surface area contributed by atoms with Crippen molar-refractivity contribution in [3.63, 3.8) is 0 Å². The molecule has 0 aliphatic heterocycles. The van der Waals surface area contributed by atoms with Crippen molar-refractivity contribution in [1.82, 2.24) is 4.31 Å². The standard InChI is InChI=1S/C14H22ClNO2S/c1-11(2)12(3)16(4)19(17,18)14-7-5-13(6-8-14)9-10-15/h5-8,11-12H,9-10H2,1-4H3. The molecular weight excluding hydrogens is 282 g/mol. The average Bonchev–Trinajstić information content (AvgIpc) is 2.37. The van der Waals surface area contributed by atoms with Gasteiger partial charge in [0.15, 0.2) is 0 Å². The topological polar surface area (TPSA) is 37.4 Å². The minimum Gasteiger partial charge on any atom is -0.207 e. The van der Waals surface area contributed by atoms with E-state index in [0.29, 0.717) is 10.8 Å². The van der Waals surface area contributed by atoms with Crippen molar-refractivity contribution in [1.29, 1.82) is 0 Å². The minimum absolute atomic E-state index is 0.0347. The van der Waals surface area contributed by atoms with Crippen molar-refractivity contribution >= 4 is 21.6 Å². The third kappa shape index (κ3) is 3.94. The molecule has 1 rings (SSSR count). The molecule has 0 radical (unpaired) electrons. The van der Waals surface area contributed by atoms with Gasteiger partial charge in [-0.15, -0.1) is 11.6 Å². The third-order valence-electron chi connectivity index (χ3n) is 3.52.